The van der Waals surface area contributed by atoms with Gasteiger partial charge in [-0.25, -0.2) is 9.37 Å². The molecule has 5 heteroatoms. The molecule has 0 N–H and O–H groups in total. The van der Waals surface area contributed by atoms with Crippen LogP contribution in [-0.2, 0) is 4.84 Å². The van der Waals surface area contributed by atoms with Crippen molar-refractivity contribution >= 4 is 5.71 Å². The molecule has 1 atom stereocenters. The number of aromatic nitrogens is 2. The number of rotatable bonds is 5. The summed E-state index contributed by atoms with van der Waals surface area (Å²) in [4.78, 5) is 8.94. The lowest BCUT2D eigenvalue weighted by atomic mass is 10.1. The Hall–Kier alpha value is -2.61. The van der Waals surface area contributed by atoms with E-state index in [1.807, 2.05) is 31.2 Å². The van der Waals surface area contributed by atoms with Gasteiger partial charge in [-0.1, -0.05) is 29.1 Å². The first-order chi connectivity index (χ1) is 11.3. The van der Waals surface area contributed by atoms with E-state index < -0.39 is 6.30 Å². The molecule has 1 fully saturated rings. The van der Waals surface area contributed by atoms with Gasteiger partial charge in [0.15, 0.2) is 0 Å². The summed E-state index contributed by atoms with van der Waals surface area (Å²) in [7, 11) is 0. The molecule has 1 aliphatic rings. The van der Waals surface area contributed by atoms with Gasteiger partial charge in [-0.15, -0.1) is 0 Å². The third-order valence-electron chi connectivity index (χ3n) is 3.48. The minimum atomic E-state index is -1.45. The van der Waals surface area contributed by atoms with Gasteiger partial charge in [0.2, 0.25) is 6.30 Å². The van der Waals surface area contributed by atoms with Crippen LogP contribution >= 0.6 is 0 Å². The summed E-state index contributed by atoms with van der Waals surface area (Å²) in [5.74, 6) is 6.91. The molecule has 1 aromatic heterocycles. The van der Waals surface area contributed by atoms with Gasteiger partial charge in [-0.3, -0.25) is 0 Å². The monoisotopic (exact) mass is 311 g/mol. The van der Waals surface area contributed by atoms with Crippen LogP contribution in [0.3, 0.4) is 0 Å². The molecule has 1 aliphatic carbocycles. The van der Waals surface area contributed by atoms with Crippen molar-refractivity contribution in [2.45, 2.75) is 26.1 Å². The second-order valence-corrected chi connectivity index (χ2v) is 5.36. The van der Waals surface area contributed by atoms with Crippen molar-refractivity contribution in [1.82, 2.24) is 9.55 Å². The van der Waals surface area contributed by atoms with Gasteiger partial charge >= 0.3 is 0 Å². The van der Waals surface area contributed by atoms with Crippen LogP contribution in [0.4, 0.5) is 4.39 Å². The van der Waals surface area contributed by atoms with Crippen LogP contribution in [0.5, 0.6) is 0 Å². The molecule has 1 saturated carbocycles. The van der Waals surface area contributed by atoms with Crippen molar-refractivity contribution in [3.05, 3.63) is 54.1 Å². The largest absolute Gasteiger partial charge is 0.396 e. The highest BCUT2D eigenvalue weighted by Gasteiger charge is 2.20. The minimum absolute atomic E-state index is 0.214. The molecular formula is C18H18FN3O. The van der Waals surface area contributed by atoms with Gasteiger partial charge in [0.1, 0.15) is 12.3 Å². The van der Waals surface area contributed by atoms with E-state index in [1.165, 1.54) is 29.9 Å². The van der Waals surface area contributed by atoms with E-state index >= 15 is 0 Å². The maximum Gasteiger partial charge on any atom is 0.223 e. The molecule has 0 radical (unpaired) electrons. The topological polar surface area (TPSA) is 39.4 Å². The maximum absolute atomic E-state index is 14.7. The predicted molar refractivity (Wildman–Crippen MR) is 86.6 cm³/mol. The molecule has 0 aliphatic heterocycles. The van der Waals surface area contributed by atoms with Crippen molar-refractivity contribution in [3.8, 4) is 11.8 Å². The Bertz CT molecular complexity index is 722. The lowest BCUT2D eigenvalue weighted by Gasteiger charge is -2.12. The van der Waals surface area contributed by atoms with Gasteiger partial charge in [0.05, 0.1) is 6.33 Å². The van der Waals surface area contributed by atoms with E-state index in [1.54, 1.807) is 6.20 Å². The molecule has 3 rings (SSSR count). The number of nitrogens with zero attached hydrogens (tertiary/aromatic N) is 3. The molecule has 2 aromatic rings. The molecular weight excluding hydrogens is 293 g/mol. The second kappa shape index (κ2) is 7.10. The van der Waals surface area contributed by atoms with Crippen LogP contribution in [0.15, 0.2) is 48.1 Å². The first-order valence-electron chi connectivity index (χ1n) is 7.71. The van der Waals surface area contributed by atoms with Gasteiger partial charge < -0.3 is 9.40 Å². The average Bonchev–Trinajstić information content (AvgIpc) is 3.25. The second-order valence-electron chi connectivity index (χ2n) is 5.36. The van der Waals surface area contributed by atoms with Gasteiger partial charge in [0.25, 0.3) is 0 Å². The van der Waals surface area contributed by atoms with Crippen LogP contribution in [0, 0.1) is 17.8 Å². The Balaban J connectivity index is 1.83. The molecule has 4 nitrogen and oxygen atoms in total. The third kappa shape index (κ3) is 3.98. The fraction of sp³-hybridized carbons (Fsp3) is 0.333. The van der Waals surface area contributed by atoms with Crippen LogP contribution < -0.4 is 0 Å². The summed E-state index contributed by atoms with van der Waals surface area (Å²) in [6.07, 6.45) is 5.45. The molecule has 23 heavy (non-hydrogen) atoms. The standard InChI is InChI=1S/C18H18FN3O/c1-2-23-21-17(18(19)22-12-11-20-13-22)16-9-7-15(8-10-16)6-5-14-3-4-14/h7-14,18H,2-4H2,1H3/b21-17-. The molecule has 1 heterocycles. The number of hydrogen-bond acceptors (Lipinski definition) is 3. The van der Waals surface area contributed by atoms with E-state index in [4.69, 9.17) is 4.84 Å². The van der Waals surface area contributed by atoms with Gasteiger partial charge in [-0.2, -0.15) is 0 Å². The zero-order valence-electron chi connectivity index (χ0n) is 12.9. The van der Waals surface area contributed by atoms with E-state index in [0.717, 1.165) is 5.56 Å². The fourth-order valence-corrected chi connectivity index (χ4v) is 2.05. The highest BCUT2D eigenvalue weighted by atomic mass is 19.1. The minimum Gasteiger partial charge on any atom is -0.396 e. The molecule has 1 unspecified atom stereocenters. The quantitative estimate of drug-likeness (QED) is 0.481. The first-order valence-corrected chi connectivity index (χ1v) is 7.71. The highest BCUT2D eigenvalue weighted by molar-refractivity contribution is 6.02. The van der Waals surface area contributed by atoms with Crippen LogP contribution in [0.2, 0.25) is 0 Å². The Morgan fingerprint density at radius 3 is 2.83 bits per heavy atom. The number of benzene rings is 1. The van der Waals surface area contributed by atoms with Crippen molar-refractivity contribution in [3.63, 3.8) is 0 Å². The van der Waals surface area contributed by atoms with Crippen LogP contribution in [0.1, 0.15) is 37.2 Å². The molecule has 0 amide bonds. The number of hydrogen-bond donors (Lipinski definition) is 0. The van der Waals surface area contributed by atoms with Crippen molar-refractivity contribution < 1.29 is 9.23 Å². The Morgan fingerprint density at radius 1 is 1.43 bits per heavy atom. The summed E-state index contributed by atoms with van der Waals surface area (Å²) in [5, 5.41) is 3.94. The summed E-state index contributed by atoms with van der Waals surface area (Å²) < 4.78 is 16.0. The smallest absolute Gasteiger partial charge is 0.223 e. The average molecular weight is 311 g/mol. The van der Waals surface area contributed by atoms with E-state index in [2.05, 4.69) is 22.0 Å². The molecule has 118 valence electrons. The molecule has 0 bridgehead atoms. The van der Waals surface area contributed by atoms with E-state index in [-0.39, 0.29) is 5.71 Å². The lowest BCUT2D eigenvalue weighted by molar-refractivity contribution is 0.154. The van der Waals surface area contributed by atoms with Crippen LogP contribution in [0.25, 0.3) is 0 Å². The van der Waals surface area contributed by atoms with Crippen LogP contribution in [-0.4, -0.2) is 21.9 Å². The Kier molecular flexibility index (Phi) is 4.72. The number of halogens is 1. The van der Waals surface area contributed by atoms with Crippen molar-refractivity contribution in [2.24, 2.45) is 11.1 Å². The highest BCUT2D eigenvalue weighted by Crippen LogP contribution is 2.27. The summed E-state index contributed by atoms with van der Waals surface area (Å²) in [6.45, 7) is 2.19. The van der Waals surface area contributed by atoms with Crippen molar-refractivity contribution in [1.29, 1.82) is 0 Å². The normalized spacial score (nSPS) is 15.7. The summed E-state index contributed by atoms with van der Waals surface area (Å²) in [6, 6.07) is 7.40. The SMILES string of the molecule is CCO/N=C(/c1ccc(C#CC2CC2)cc1)C(F)n1ccnc1. The third-order valence-corrected chi connectivity index (χ3v) is 3.48. The van der Waals surface area contributed by atoms with Gasteiger partial charge in [-0.05, 0) is 31.9 Å². The summed E-state index contributed by atoms with van der Waals surface area (Å²) in [5.41, 5.74) is 1.80. The maximum atomic E-state index is 14.7. The zero-order valence-corrected chi connectivity index (χ0v) is 12.9. The Morgan fingerprint density at radius 2 is 2.22 bits per heavy atom. The number of alkyl halides is 1. The molecule has 1 aromatic carbocycles. The first kappa shape index (κ1) is 15.3. The van der Waals surface area contributed by atoms with E-state index in [0.29, 0.717) is 18.1 Å². The molecule has 0 spiro atoms. The summed E-state index contributed by atoms with van der Waals surface area (Å²) >= 11 is 0. The predicted octanol–water partition coefficient (Wildman–Crippen LogP) is 3.55. The van der Waals surface area contributed by atoms with E-state index in [9.17, 15) is 4.39 Å². The number of oxime groups is 1. The number of imidazole rings is 1. The zero-order chi connectivity index (χ0) is 16.1. The lowest BCUT2D eigenvalue weighted by Crippen LogP contribution is -2.16. The van der Waals surface area contributed by atoms with Gasteiger partial charge in [0, 0.05) is 29.4 Å². The fourth-order valence-electron chi connectivity index (χ4n) is 2.05. The Labute approximate surface area is 135 Å². The molecule has 0 saturated heterocycles. The van der Waals surface area contributed by atoms with Crippen molar-refractivity contribution in [2.75, 3.05) is 6.61 Å².